The highest BCUT2D eigenvalue weighted by atomic mass is 16.6. The van der Waals surface area contributed by atoms with E-state index in [-0.39, 0.29) is 42.7 Å². The number of carbonyl (C=O) groups is 3. The van der Waals surface area contributed by atoms with Crippen LogP contribution < -0.4 is 5.11 Å². The van der Waals surface area contributed by atoms with Gasteiger partial charge in [0.1, 0.15) is 12.6 Å². The molecule has 0 bridgehead atoms. The van der Waals surface area contributed by atoms with Crippen molar-refractivity contribution in [2.45, 2.75) is 257 Å². The maximum Gasteiger partial charge on any atom is 0.306 e. The molecule has 0 radical (unpaired) electrons. The first-order valence-corrected chi connectivity index (χ1v) is 26.5. The third-order valence-electron chi connectivity index (χ3n) is 12.0. The number of carbonyl (C=O) groups excluding carboxylic acids is 3. The number of nitrogens with zero attached hydrogens (tertiary/aromatic N) is 1. The highest BCUT2D eigenvalue weighted by Crippen LogP contribution is 2.15. The van der Waals surface area contributed by atoms with Crippen molar-refractivity contribution in [2.75, 3.05) is 41.0 Å². The second-order valence-electron chi connectivity index (χ2n) is 19.1. The van der Waals surface area contributed by atoms with E-state index in [2.05, 4.69) is 50.3 Å². The van der Waals surface area contributed by atoms with Gasteiger partial charge >= 0.3 is 11.9 Å². The first kappa shape index (κ1) is 60.5. The molecule has 0 N–H and O–H groups in total. The first-order chi connectivity index (χ1) is 30.6. The third kappa shape index (κ3) is 44.5. The van der Waals surface area contributed by atoms with E-state index in [1.807, 2.05) is 0 Å². The van der Waals surface area contributed by atoms with Gasteiger partial charge in [-0.15, -0.1) is 0 Å². The molecule has 0 heterocycles. The number of carboxylic acids is 1. The van der Waals surface area contributed by atoms with Crippen molar-refractivity contribution >= 4 is 17.9 Å². The molecule has 0 aromatic heterocycles. The van der Waals surface area contributed by atoms with Gasteiger partial charge in [-0.25, -0.2) is 0 Å². The average Bonchev–Trinajstić information content (AvgIpc) is 3.24. The summed E-state index contributed by atoms with van der Waals surface area (Å²) in [5.74, 6) is -1.74. The topological polar surface area (TPSA) is 102 Å². The van der Waals surface area contributed by atoms with Crippen molar-refractivity contribution < 1.29 is 38.2 Å². The van der Waals surface area contributed by atoms with Gasteiger partial charge in [0.25, 0.3) is 0 Å². The second-order valence-corrected chi connectivity index (χ2v) is 19.1. The van der Waals surface area contributed by atoms with E-state index in [1.165, 1.54) is 161 Å². The summed E-state index contributed by atoms with van der Waals surface area (Å²) in [6.45, 7) is 4.67. The molecule has 0 aliphatic carbocycles. The fourth-order valence-electron chi connectivity index (χ4n) is 7.86. The van der Waals surface area contributed by atoms with Crippen LogP contribution in [0.15, 0.2) is 36.5 Å². The lowest BCUT2D eigenvalue weighted by Gasteiger charge is -2.34. The summed E-state index contributed by atoms with van der Waals surface area (Å²) in [4.78, 5) is 37.0. The van der Waals surface area contributed by atoms with Crippen LogP contribution in [-0.2, 0) is 28.6 Å². The molecule has 2 atom stereocenters. The van der Waals surface area contributed by atoms with Crippen molar-refractivity contribution in [3.63, 3.8) is 0 Å². The van der Waals surface area contributed by atoms with Crippen molar-refractivity contribution in [3.05, 3.63) is 36.5 Å². The largest absolute Gasteiger partial charge is 0.544 e. The molecule has 0 aliphatic rings. The number of esters is 2. The Kier molecular flexibility index (Phi) is 44.3. The molecule has 0 rings (SSSR count). The second kappa shape index (κ2) is 46.1. The lowest BCUT2D eigenvalue weighted by molar-refractivity contribution is -0.889. The highest BCUT2D eigenvalue weighted by Gasteiger charge is 2.25. The van der Waals surface area contributed by atoms with Crippen molar-refractivity contribution in [1.29, 1.82) is 0 Å². The van der Waals surface area contributed by atoms with E-state index in [4.69, 9.17) is 14.2 Å². The Bertz CT molecular complexity index is 1130. The monoisotopic (exact) mass is 888 g/mol. The van der Waals surface area contributed by atoms with Gasteiger partial charge in [0.15, 0.2) is 6.10 Å². The number of ether oxygens (including phenoxy) is 3. The number of quaternary nitrogens is 1. The maximum absolute atomic E-state index is 12.8. The van der Waals surface area contributed by atoms with Crippen molar-refractivity contribution in [1.82, 2.24) is 0 Å². The van der Waals surface area contributed by atoms with E-state index < -0.39 is 18.1 Å². The van der Waals surface area contributed by atoms with Crippen LogP contribution in [0.3, 0.4) is 0 Å². The van der Waals surface area contributed by atoms with Crippen LogP contribution in [-0.4, -0.2) is 75.5 Å². The summed E-state index contributed by atoms with van der Waals surface area (Å²) in [7, 11) is 5.42. The van der Waals surface area contributed by atoms with Crippen molar-refractivity contribution in [2.24, 2.45) is 0 Å². The van der Waals surface area contributed by atoms with Crippen LogP contribution in [0.5, 0.6) is 0 Å². The summed E-state index contributed by atoms with van der Waals surface area (Å²) in [6.07, 6.45) is 54.6. The van der Waals surface area contributed by atoms with Crippen LogP contribution in [0.4, 0.5) is 0 Å². The molecule has 63 heavy (non-hydrogen) atoms. The van der Waals surface area contributed by atoms with Gasteiger partial charge in [0.2, 0.25) is 0 Å². The number of hydrogen-bond donors (Lipinski definition) is 0. The van der Waals surface area contributed by atoms with E-state index in [0.29, 0.717) is 12.8 Å². The Morgan fingerprint density at radius 3 is 1.24 bits per heavy atom. The summed E-state index contributed by atoms with van der Waals surface area (Å²) >= 11 is 0. The van der Waals surface area contributed by atoms with Gasteiger partial charge in [0.05, 0.1) is 40.3 Å². The molecule has 0 aromatic carbocycles. The highest BCUT2D eigenvalue weighted by molar-refractivity contribution is 5.70. The number of aliphatic carboxylic acids is 1. The number of carboxylic acid groups (broad SMARTS) is 1. The van der Waals surface area contributed by atoms with Crippen LogP contribution >= 0.6 is 0 Å². The summed E-state index contributed by atoms with van der Waals surface area (Å²) in [5.41, 5.74) is 0. The van der Waals surface area contributed by atoms with E-state index >= 15 is 0 Å². The number of likely N-dealkylation sites (N-methyl/N-ethyl adjacent to an activating group) is 1. The van der Waals surface area contributed by atoms with Crippen LogP contribution in [0, 0.1) is 0 Å². The fraction of sp³-hybridized carbons (Fsp3) is 0.836. The molecular formula is C55H101NO7. The maximum atomic E-state index is 12.8. The number of rotatable bonds is 48. The molecule has 0 fully saturated rings. The van der Waals surface area contributed by atoms with Crippen LogP contribution in [0.1, 0.15) is 245 Å². The molecule has 0 aromatic rings. The smallest absolute Gasteiger partial charge is 0.306 e. The fourth-order valence-corrected chi connectivity index (χ4v) is 7.86. The quantitative estimate of drug-likeness (QED) is 0.0259. The van der Waals surface area contributed by atoms with Gasteiger partial charge in [-0.1, -0.05) is 192 Å². The predicted molar refractivity (Wildman–Crippen MR) is 263 cm³/mol. The van der Waals surface area contributed by atoms with Crippen molar-refractivity contribution in [3.8, 4) is 0 Å². The lowest BCUT2D eigenvalue weighted by Crippen LogP contribution is -2.55. The minimum absolute atomic E-state index is 0.0378. The van der Waals surface area contributed by atoms with Gasteiger partial charge in [-0.05, 0) is 70.6 Å². The molecular weight excluding hydrogens is 787 g/mol. The van der Waals surface area contributed by atoms with E-state index in [1.54, 1.807) is 21.1 Å². The van der Waals surface area contributed by atoms with Gasteiger partial charge in [-0.2, -0.15) is 0 Å². The normalized spacial score (nSPS) is 13.1. The van der Waals surface area contributed by atoms with Crippen LogP contribution in [0.2, 0.25) is 0 Å². The molecule has 0 amide bonds. The number of hydrogen-bond acceptors (Lipinski definition) is 7. The molecule has 0 saturated carbocycles. The molecule has 8 heteroatoms. The van der Waals surface area contributed by atoms with E-state index in [9.17, 15) is 19.5 Å². The molecule has 8 nitrogen and oxygen atoms in total. The standard InChI is InChI=1S/C55H101NO7/c1-6-8-10-12-14-16-18-20-22-24-25-26-27-28-30-32-34-36-38-40-42-44-46-54(58)63-51(49-61-48-47-52(55(59)60)56(3,4)5)50-62-53(57)45-43-41-39-37-35-33-31-29-23-21-19-17-15-13-11-9-7-2/h21,23-25,27-28,51-52H,6-20,22,26,29-50H2,1-5H3/b23-21+,25-24+,28-27+. The van der Waals surface area contributed by atoms with E-state index in [0.717, 1.165) is 51.4 Å². The summed E-state index contributed by atoms with van der Waals surface area (Å²) in [6, 6.07) is -0.728. The molecule has 0 spiro atoms. The zero-order chi connectivity index (χ0) is 46.3. The molecule has 368 valence electrons. The van der Waals surface area contributed by atoms with Gasteiger partial charge < -0.3 is 28.6 Å². The predicted octanol–water partition coefficient (Wildman–Crippen LogP) is 14.0. The average molecular weight is 888 g/mol. The van der Waals surface area contributed by atoms with Gasteiger partial charge in [0, 0.05) is 19.3 Å². The summed E-state index contributed by atoms with van der Waals surface area (Å²) in [5, 5.41) is 11.7. The minimum atomic E-state index is -1.12. The molecule has 0 aliphatic heterocycles. The SMILES string of the molecule is CCCCCCCC/C=C/CCCCCCCCCC(=O)OCC(COCCC(C(=O)[O-])[N+](C)(C)C)OC(=O)CCCCCCCCC/C=C/C/C=C/CCCCCCCCCC. The third-order valence-corrected chi connectivity index (χ3v) is 12.0. The molecule has 2 unspecified atom stereocenters. The Morgan fingerprint density at radius 1 is 0.476 bits per heavy atom. The Morgan fingerprint density at radius 2 is 0.841 bits per heavy atom. The summed E-state index contributed by atoms with van der Waals surface area (Å²) < 4.78 is 17.2. The lowest BCUT2D eigenvalue weighted by atomic mass is 10.1. The zero-order valence-corrected chi connectivity index (χ0v) is 42.0. The first-order valence-electron chi connectivity index (χ1n) is 26.5. The van der Waals surface area contributed by atoms with Gasteiger partial charge in [-0.3, -0.25) is 9.59 Å². The zero-order valence-electron chi connectivity index (χ0n) is 42.0. The Labute approximate surface area is 389 Å². The number of allylic oxidation sites excluding steroid dienone is 6. The minimum Gasteiger partial charge on any atom is -0.544 e. The number of unbranched alkanes of at least 4 members (excludes halogenated alkanes) is 28. The van der Waals surface area contributed by atoms with Crippen LogP contribution in [0.25, 0.3) is 0 Å². The molecule has 0 saturated heterocycles. The Balaban J connectivity index is 4.24. The Hall–Kier alpha value is -2.45.